The quantitative estimate of drug-likeness (QED) is 0.302. The number of nitrogens with one attached hydrogen (secondary N) is 1. The third kappa shape index (κ3) is 3.80. The molecule has 0 aliphatic carbocycles. The lowest BCUT2D eigenvalue weighted by atomic mass is 9.99. The second-order valence-corrected chi connectivity index (χ2v) is 7.47. The number of aryl methyl sites for hydroxylation is 2. The lowest BCUT2D eigenvalue weighted by Crippen LogP contribution is -1.97. The van der Waals surface area contributed by atoms with E-state index in [2.05, 4.69) is 23.2 Å². The fraction of sp³-hybridized carbons (Fsp3) is 0.160. The Bertz CT molecular complexity index is 1300. The van der Waals surface area contributed by atoms with Crippen molar-refractivity contribution in [3.05, 3.63) is 81.9 Å². The Morgan fingerprint density at radius 2 is 1.59 bits per heavy atom. The predicted octanol–water partition coefficient (Wildman–Crippen LogP) is 5.95. The molecular weight excluding hydrogens is 406 g/mol. The molecule has 7 nitrogen and oxygen atoms in total. The van der Waals surface area contributed by atoms with E-state index in [1.54, 1.807) is 6.07 Å². The summed E-state index contributed by atoms with van der Waals surface area (Å²) < 4.78 is 10.6. The molecule has 0 amide bonds. The standard InChI is InChI=1S/C25H23N3O4/c1-15-10-11-16(2)18(12-15)24-23(17-8-6-5-7-9-17)26-25(27-24)19-13-21(31-3)22(32-4)14-20(19)28(29)30/h5-14H,1-4H3,(H,26,27). The molecule has 0 aliphatic heterocycles. The number of hydrogen-bond donors (Lipinski definition) is 1. The predicted molar refractivity (Wildman–Crippen MR) is 124 cm³/mol. The van der Waals surface area contributed by atoms with Gasteiger partial charge in [0.15, 0.2) is 11.5 Å². The topological polar surface area (TPSA) is 90.3 Å². The number of hydrogen-bond acceptors (Lipinski definition) is 5. The summed E-state index contributed by atoms with van der Waals surface area (Å²) in [5, 5.41) is 11.9. The molecule has 0 aliphatic rings. The van der Waals surface area contributed by atoms with Crippen LogP contribution in [0.5, 0.6) is 11.5 Å². The molecule has 32 heavy (non-hydrogen) atoms. The van der Waals surface area contributed by atoms with E-state index in [9.17, 15) is 10.1 Å². The van der Waals surface area contributed by atoms with Crippen molar-refractivity contribution in [2.24, 2.45) is 0 Å². The van der Waals surface area contributed by atoms with Gasteiger partial charge in [0.25, 0.3) is 5.69 Å². The number of aromatic amines is 1. The summed E-state index contributed by atoms with van der Waals surface area (Å²) >= 11 is 0. The van der Waals surface area contributed by atoms with E-state index >= 15 is 0 Å². The van der Waals surface area contributed by atoms with Gasteiger partial charge >= 0.3 is 0 Å². The van der Waals surface area contributed by atoms with Gasteiger partial charge in [-0.25, -0.2) is 4.98 Å². The maximum absolute atomic E-state index is 11.9. The minimum absolute atomic E-state index is 0.122. The van der Waals surface area contributed by atoms with E-state index in [1.807, 2.05) is 44.2 Å². The summed E-state index contributed by atoms with van der Waals surface area (Å²) in [6.45, 7) is 4.06. The van der Waals surface area contributed by atoms with Crippen LogP contribution in [0, 0.1) is 24.0 Å². The highest BCUT2D eigenvalue weighted by atomic mass is 16.6. The Labute approximate surface area is 185 Å². The summed E-state index contributed by atoms with van der Waals surface area (Å²) in [4.78, 5) is 19.6. The molecular formula is C25H23N3O4. The number of nitro benzene ring substituents is 1. The number of rotatable bonds is 6. The van der Waals surface area contributed by atoms with Crippen molar-refractivity contribution in [1.29, 1.82) is 0 Å². The van der Waals surface area contributed by atoms with Gasteiger partial charge in [-0.2, -0.15) is 0 Å². The molecule has 1 N–H and O–H groups in total. The third-order valence-electron chi connectivity index (χ3n) is 5.37. The Kier molecular flexibility index (Phi) is 5.64. The molecule has 1 aromatic heterocycles. The molecule has 1 heterocycles. The van der Waals surface area contributed by atoms with E-state index in [4.69, 9.17) is 14.5 Å². The maximum atomic E-state index is 11.9. The Balaban J connectivity index is 2.01. The molecule has 0 bridgehead atoms. The van der Waals surface area contributed by atoms with Crippen LogP contribution in [-0.4, -0.2) is 29.1 Å². The number of imidazole rings is 1. The highest BCUT2D eigenvalue weighted by Gasteiger charge is 2.25. The van der Waals surface area contributed by atoms with Crippen molar-refractivity contribution in [2.45, 2.75) is 13.8 Å². The van der Waals surface area contributed by atoms with Crippen LogP contribution in [0.3, 0.4) is 0 Å². The molecule has 4 aromatic rings. The van der Waals surface area contributed by atoms with Gasteiger partial charge in [-0.05, 0) is 25.5 Å². The number of aromatic nitrogens is 2. The molecule has 0 fully saturated rings. The minimum Gasteiger partial charge on any atom is -0.493 e. The van der Waals surface area contributed by atoms with Crippen molar-refractivity contribution in [3.8, 4) is 45.4 Å². The number of ether oxygens (including phenoxy) is 2. The SMILES string of the molecule is COc1cc(-c2nc(-c3ccccc3)c(-c3cc(C)ccc3C)[nH]2)c([N+](=O)[O-])cc1OC. The molecule has 0 saturated heterocycles. The average Bonchev–Trinajstić information content (AvgIpc) is 3.25. The van der Waals surface area contributed by atoms with Crippen molar-refractivity contribution in [1.82, 2.24) is 9.97 Å². The molecule has 0 unspecified atom stereocenters. The van der Waals surface area contributed by atoms with Crippen LogP contribution >= 0.6 is 0 Å². The molecule has 0 spiro atoms. The van der Waals surface area contributed by atoms with Gasteiger partial charge in [-0.15, -0.1) is 0 Å². The van der Waals surface area contributed by atoms with Crippen LogP contribution < -0.4 is 9.47 Å². The average molecular weight is 429 g/mol. The van der Waals surface area contributed by atoms with Crippen molar-refractivity contribution in [2.75, 3.05) is 14.2 Å². The van der Waals surface area contributed by atoms with Crippen molar-refractivity contribution < 1.29 is 14.4 Å². The zero-order valence-corrected chi connectivity index (χ0v) is 18.3. The van der Waals surface area contributed by atoms with Crippen LogP contribution in [0.2, 0.25) is 0 Å². The fourth-order valence-electron chi connectivity index (χ4n) is 3.71. The second kappa shape index (κ2) is 8.55. The van der Waals surface area contributed by atoms with Gasteiger partial charge in [-0.1, -0.05) is 48.0 Å². The maximum Gasteiger partial charge on any atom is 0.284 e. The molecule has 0 saturated carbocycles. The first-order valence-electron chi connectivity index (χ1n) is 10.1. The molecule has 4 rings (SSSR count). The first-order valence-corrected chi connectivity index (χ1v) is 10.1. The van der Waals surface area contributed by atoms with E-state index in [-0.39, 0.29) is 11.4 Å². The lowest BCUT2D eigenvalue weighted by Gasteiger charge is -2.09. The highest BCUT2D eigenvalue weighted by molar-refractivity contribution is 5.84. The monoisotopic (exact) mass is 429 g/mol. The zero-order chi connectivity index (χ0) is 22.8. The highest BCUT2D eigenvalue weighted by Crippen LogP contribution is 2.41. The van der Waals surface area contributed by atoms with Crippen molar-refractivity contribution in [3.63, 3.8) is 0 Å². The number of nitrogens with zero attached hydrogens (tertiary/aromatic N) is 2. The fourth-order valence-corrected chi connectivity index (χ4v) is 3.71. The lowest BCUT2D eigenvalue weighted by molar-refractivity contribution is -0.384. The van der Waals surface area contributed by atoms with Gasteiger partial charge in [-0.3, -0.25) is 10.1 Å². The smallest absolute Gasteiger partial charge is 0.284 e. The Hall–Kier alpha value is -4.13. The molecule has 0 radical (unpaired) electrons. The molecule has 7 heteroatoms. The van der Waals surface area contributed by atoms with Crippen molar-refractivity contribution >= 4 is 5.69 Å². The first kappa shape index (κ1) is 21.1. The Morgan fingerprint density at radius 3 is 2.25 bits per heavy atom. The van der Waals surface area contributed by atoms with Gasteiger partial charge in [0.2, 0.25) is 0 Å². The second-order valence-electron chi connectivity index (χ2n) is 7.47. The van der Waals surface area contributed by atoms with Crippen LogP contribution in [-0.2, 0) is 0 Å². The van der Waals surface area contributed by atoms with Gasteiger partial charge < -0.3 is 14.5 Å². The summed E-state index contributed by atoms with van der Waals surface area (Å²) in [5.74, 6) is 1.05. The van der Waals surface area contributed by atoms with Gasteiger partial charge in [0.05, 0.1) is 42.2 Å². The number of nitro groups is 1. The van der Waals surface area contributed by atoms with Crippen LogP contribution in [0.4, 0.5) is 5.69 Å². The normalized spacial score (nSPS) is 10.8. The molecule has 162 valence electrons. The number of H-pyrrole nitrogens is 1. The minimum atomic E-state index is -0.445. The third-order valence-corrected chi connectivity index (χ3v) is 5.37. The van der Waals surface area contributed by atoms with E-state index in [1.165, 1.54) is 20.3 Å². The van der Waals surface area contributed by atoms with E-state index in [0.29, 0.717) is 17.1 Å². The summed E-state index contributed by atoms with van der Waals surface area (Å²) in [7, 11) is 2.94. The number of methoxy groups -OCH3 is 2. The first-order chi connectivity index (χ1) is 15.4. The van der Waals surface area contributed by atoms with Crippen LogP contribution in [0.25, 0.3) is 33.9 Å². The van der Waals surface area contributed by atoms with Gasteiger partial charge in [0, 0.05) is 17.2 Å². The van der Waals surface area contributed by atoms with Crippen LogP contribution in [0.1, 0.15) is 11.1 Å². The molecule has 0 atom stereocenters. The summed E-state index contributed by atoms with van der Waals surface area (Å²) in [6, 6.07) is 18.9. The van der Waals surface area contributed by atoms with E-state index in [0.717, 1.165) is 33.6 Å². The summed E-state index contributed by atoms with van der Waals surface area (Å²) in [5.41, 5.74) is 5.81. The van der Waals surface area contributed by atoms with Crippen LogP contribution in [0.15, 0.2) is 60.7 Å². The largest absolute Gasteiger partial charge is 0.493 e. The van der Waals surface area contributed by atoms with Gasteiger partial charge in [0.1, 0.15) is 5.82 Å². The van der Waals surface area contributed by atoms with E-state index < -0.39 is 4.92 Å². The zero-order valence-electron chi connectivity index (χ0n) is 18.3. The summed E-state index contributed by atoms with van der Waals surface area (Å²) in [6.07, 6.45) is 0. The Morgan fingerprint density at radius 1 is 0.906 bits per heavy atom. The number of benzene rings is 3. The molecule has 3 aromatic carbocycles.